The van der Waals surface area contributed by atoms with Gasteiger partial charge in [0.15, 0.2) is 9.75 Å². The van der Waals surface area contributed by atoms with Gasteiger partial charge in [-0.1, -0.05) is 11.6 Å². The van der Waals surface area contributed by atoms with E-state index in [2.05, 4.69) is 4.74 Å². The second-order valence-electron chi connectivity index (χ2n) is 11.3. The number of nitrogens with zero attached hydrogens (tertiary/aromatic N) is 2. The molecule has 2 heterocycles. The number of hydrogen-bond acceptors (Lipinski definition) is 8. The first-order valence-electron chi connectivity index (χ1n) is 13.4. The molecular weight excluding hydrogens is 648 g/mol. The van der Waals surface area contributed by atoms with E-state index < -0.39 is 98.6 Å². The van der Waals surface area contributed by atoms with E-state index >= 15 is 0 Å². The van der Waals surface area contributed by atoms with Crippen molar-refractivity contribution >= 4 is 58.5 Å². The van der Waals surface area contributed by atoms with Gasteiger partial charge in [0.1, 0.15) is 22.8 Å². The van der Waals surface area contributed by atoms with Crippen molar-refractivity contribution in [2.45, 2.75) is 34.9 Å². The van der Waals surface area contributed by atoms with Gasteiger partial charge in [0, 0.05) is 24.6 Å². The zero-order valence-electron chi connectivity index (χ0n) is 22.8. The Hall–Kier alpha value is -4.30. The van der Waals surface area contributed by atoms with Crippen LogP contribution in [0.4, 0.5) is 18.9 Å². The smallest absolute Gasteiger partial charge is 0.508 e. The number of fused-ring (bicyclic) bond motifs is 4. The molecule has 4 amide bonds. The third-order valence-electron chi connectivity index (χ3n) is 9.03. The van der Waals surface area contributed by atoms with E-state index in [1.54, 1.807) is 0 Å². The van der Waals surface area contributed by atoms with Crippen molar-refractivity contribution in [1.82, 2.24) is 4.90 Å². The Kier molecular flexibility index (Phi) is 6.72. The van der Waals surface area contributed by atoms with Crippen LogP contribution in [0.2, 0.25) is 0 Å². The van der Waals surface area contributed by atoms with Gasteiger partial charge < -0.3 is 20.1 Å². The van der Waals surface area contributed by atoms with Gasteiger partial charge in [-0.2, -0.15) is 0 Å². The van der Waals surface area contributed by atoms with Crippen molar-refractivity contribution in [2.24, 2.45) is 17.8 Å². The summed E-state index contributed by atoms with van der Waals surface area (Å²) in [6, 6.07) is 5.68. The van der Waals surface area contributed by atoms with Crippen LogP contribution in [0.1, 0.15) is 34.7 Å². The van der Waals surface area contributed by atoms with Crippen LogP contribution < -0.4 is 9.64 Å². The fourth-order valence-corrected chi connectivity index (χ4v) is 8.16. The SMILES string of the molecule is CN1C(=O)[C@]2(Cl)C[C@@H]3C(=CC[C@@H]4C(=O)N(c5ccc(C(=O)O)c(O)c5)C(=O)[C@@H]43)[C@H](c3cc(OC(F)(F)F)ccc3O)[C@]2(Cl)C1=O. The molecule has 2 aliphatic carbocycles. The predicted octanol–water partition coefficient (Wildman–Crippen LogP) is 3.89. The molecule has 6 atom stereocenters. The van der Waals surface area contributed by atoms with Gasteiger partial charge in [-0.3, -0.25) is 24.1 Å². The summed E-state index contributed by atoms with van der Waals surface area (Å²) in [6.45, 7) is 0. The van der Waals surface area contributed by atoms with Crippen LogP contribution in [0.3, 0.4) is 0 Å². The Morgan fingerprint density at radius 3 is 2.29 bits per heavy atom. The fraction of sp³-hybridized carbons (Fsp3) is 0.345. The molecule has 11 nitrogen and oxygen atoms in total. The van der Waals surface area contributed by atoms with Gasteiger partial charge in [0.05, 0.1) is 17.5 Å². The average molecular weight is 669 g/mol. The summed E-state index contributed by atoms with van der Waals surface area (Å²) >= 11 is 14.0. The molecule has 0 radical (unpaired) electrons. The lowest BCUT2D eigenvalue weighted by Crippen LogP contribution is -2.60. The monoisotopic (exact) mass is 668 g/mol. The molecule has 2 aromatic rings. The molecule has 2 aromatic carbocycles. The van der Waals surface area contributed by atoms with Crippen molar-refractivity contribution in [3.8, 4) is 17.2 Å². The first-order valence-corrected chi connectivity index (χ1v) is 14.1. The number of phenols is 2. The van der Waals surface area contributed by atoms with Gasteiger partial charge in [-0.05, 0) is 49.1 Å². The zero-order valence-corrected chi connectivity index (χ0v) is 24.4. The topological polar surface area (TPSA) is 162 Å². The number of benzene rings is 2. The van der Waals surface area contributed by atoms with Gasteiger partial charge in [0.2, 0.25) is 11.8 Å². The summed E-state index contributed by atoms with van der Waals surface area (Å²) in [4.78, 5) is 62.9. The van der Waals surface area contributed by atoms with Crippen molar-refractivity contribution in [3.63, 3.8) is 0 Å². The molecule has 3 N–H and O–H groups in total. The number of allylic oxidation sites excluding steroid dienone is 2. The molecule has 6 rings (SSSR count). The van der Waals surface area contributed by atoms with Gasteiger partial charge in [0.25, 0.3) is 11.8 Å². The first-order chi connectivity index (χ1) is 20.9. The highest BCUT2D eigenvalue weighted by Gasteiger charge is 2.76. The molecule has 0 spiro atoms. The fourth-order valence-electron chi connectivity index (χ4n) is 7.14. The van der Waals surface area contributed by atoms with Crippen molar-refractivity contribution < 1.29 is 57.2 Å². The maximum atomic E-state index is 14.0. The quantitative estimate of drug-likeness (QED) is 0.249. The molecule has 236 valence electrons. The summed E-state index contributed by atoms with van der Waals surface area (Å²) in [5, 5.41) is 30.4. The third kappa shape index (κ3) is 4.22. The van der Waals surface area contributed by atoms with E-state index in [9.17, 15) is 52.5 Å². The van der Waals surface area contributed by atoms with Gasteiger partial charge in [-0.25, -0.2) is 9.69 Å². The Labute approximate surface area is 261 Å². The van der Waals surface area contributed by atoms with E-state index in [1.165, 1.54) is 12.1 Å². The standard InChI is InChI=1S/C29H21Cl2F3N2O9/c1-35-25(43)27(30)10-17-13(21(28(27,31)26(35)44)16-9-12(3-7-18(16)37)45-29(32,33)34)5-6-15-20(17)23(40)36(22(15)39)11-2-4-14(24(41)42)19(38)8-11/h2-5,7-9,15,17,20-21,37-38H,6,10H2,1H3,(H,41,42)/t15-,17+,20-,21+,27+,28-/m0/s1. The number of likely N-dealkylation sites (tertiary alicyclic amines) is 1. The Bertz CT molecular complexity index is 1760. The molecule has 2 saturated heterocycles. The second kappa shape index (κ2) is 9.85. The average Bonchev–Trinajstić information content (AvgIpc) is 3.28. The lowest BCUT2D eigenvalue weighted by atomic mass is 9.56. The molecule has 45 heavy (non-hydrogen) atoms. The maximum absolute atomic E-state index is 14.0. The maximum Gasteiger partial charge on any atom is 0.573 e. The number of carboxylic acid groups (broad SMARTS) is 1. The van der Waals surface area contributed by atoms with Crippen LogP contribution in [0.15, 0.2) is 48.0 Å². The first kappa shape index (κ1) is 30.7. The number of carbonyl (C=O) groups excluding carboxylic acids is 4. The number of aromatic hydroxyl groups is 2. The van der Waals surface area contributed by atoms with Gasteiger partial charge >= 0.3 is 12.3 Å². The number of ether oxygens (including phenoxy) is 1. The van der Waals surface area contributed by atoms with Crippen LogP contribution in [-0.2, 0) is 19.2 Å². The van der Waals surface area contributed by atoms with Crippen molar-refractivity contribution in [1.29, 1.82) is 0 Å². The number of hydrogen-bond donors (Lipinski definition) is 3. The number of anilines is 1. The summed E-state index contributed by atoms with van der Waals surface area (Å²) in [7, 11) is 1.12. The van der Waals surface area contributed by atoms with Crippen LogP contribution >= 0.6 is 23.2 Å². The van der Waals surface area contributed by atoms with Crippen LogP contribution in [-0.4, -0.2) is 73.0 Å². The van der Waals surface area contributed by atoms with Crippen molar-refractivity contribution in [2.75, 3.05) is 11.9 Å². The number of halogens is 5. The van der Waals surface area contributed by atoms with E-state index in [0.717, 1.165) is 42.3 Å². The molecule has 2 aliphatic heterocycles. The van der Waals surface area contributed by atoms with E-state index in [0.29, 0.717) is 4.90 Å². The summed E-state index contributed by atoms with van der Waals surface area (Å²) in [6.07, 6.45) is -4.14. The van der Waals surface area contributed by atoms with Crippen LogP contribution in [0.25, 0.3) is 0 Å². The molecule has 4 aliphatic rings. The molecule has 3 fully saturated rings. The highest BCUT2D eigenvalue weighted by Crippen LogP contribution is 2.66. The van der Waals surface area contributed by atoms with Crippen LogP contribution in [0.5, 0.6) is 17.2 Å². The number of carboxylic acids is 1. The summed E-state index contributed by atoms with van der Waals surface area (Å²) in [5.74, 6) is -11.8. The Morgan fingerprint density at radius 2 is 1.67 bits per heavy atom. The van der Waals surface area contributed by atoms with Crippen molar-refractivity contribution in [3.05, 3.63) is 59.2 Å². The molecule has 16 heteroatoms. The van der Waals surface area contributed by atoms with Gasteiger partial charge in [-0.15, -0.1) is 36.4 Å². The van der Waals surface area contributed by atoms with E-state index in [1.807, 2.05) is 0 Å². The number of carbonyl (C=O) groups is 5. The highest BCUT2D eigenvalue weighted by molar-refractivity contribution is 6.53. The second-order valence-corrected chi connectivity index (χ2v) is 12.5. The minimum absolute atomic E-state index is 0.104. The van der Waals surface area contributed by atoms with E-state index in [4.69, 9.17) is 23.2 Å². The molecule has 1 saturated carbocycles. The highest BCUT2D eigenvalue weighted by atomic mass is 35.5. The minimum atomic E-state index is -5.12. The number of rotatable bonds is 4. The lowest BCUT2D eigenvalue weighted by Gasteiger charge is -2.50. The van der Waals surface area contributed by atoms with E-state index in [-0.39, 0.29) is 23.2 Å². The third-order valence-corrected chi connectivity index (χ3v) is 10.4. The molecule has 0 unspecified atom stereocenters. The Balaban J connectivity index is 1.50. The normalized spacial score (nSPS) is 31.0. The summed E-state index contributed by atoms with van der Waals surface area (Å²) in [5.41, 5.74) is -0.720. The minimum Gasteiger partial charge on any atom is -0.508 e. The van der Waals surface area contributed by atoms with Crippen LogP contribution in [0, 0.1) is 17.8 Å². The predicted molar refractivity (Wildman–Crippen MR) is 148 cm³/mol. The molecular formula is C29H21Cl2F3N2O9. The summed E-state index contributed by atoms with van der Waals surface area (Å²) < 4.78 is 43.4. The molecule has 0 aromatic heterocycles. The number of amides is 4. The largest absolute Gasteiger partial charge is 0.573 e. The number of alkyl halides is 5. The number of phenolic OH excluding ortho intramolecular Hbond substituents is 1. The number of imide groups is 2. The lowest BCUT2D eigenvalue weighted by molar-refractivity contribution is -0.274. The number of aromatic carboxylic acids is 1. The Morgan fingerprint density at radius 1 is 0.978 bits per heavy atom. The molecule has 0 bridgehead atoms. The zero-order chi connectivity index (χ0) is 33.0.